The van der Waals surface area contributed by atoms with Crippen LogP contribution in [-0.2, 0) is 14.8 Å². The largest absolute Gasteiger partial charge is 0.454 e. The summed E-state index contributed by atoms with van der Waals surface area (Å²) in [6.45, 7) is 2.86. The molecule has 138 valence electrons. The fraction of sp³-hybridized carbons (Fsp3) is 0.316. The molecule has 7 heteroatoms. The van der Waals surface area contributed by atoms with Crippen LogP contribution in [0.25, 0.3) is 0 Å². The first-order chi connectivity index (χ1) is 12.4. The molecule has 1 heterocycles. The molecule has 0 aromatic heterocycles. The second kappa shape index (κ2) is 7.78. The van der Waals surface area contributed by atoms with Gasteiger partial charge < -0.3 is 4.74 Å². The van der Waals surface area contributed by atoms with E-state index in [2.05, 4.69) is 0 Å². The molecule has 0 aliphatic carbocycles. The molecule has 1 fully saturated rings. The highest BCUT2D eigenvalue weighted by Crippen LogP contribution is 2.23. The lowest BCUT2D eigenvalue weighted by Gasteiger charge is -2.16. The lowest BCUT2D eigenvalue weighted by molar-refractivity contribution is 0.0338. The van der Waals surface area contributed by atoms with Crippen molar-refractivity contribution >= 4 is 27.6 Å². The average molecular weight is 394 g/mol. The first-order valence-electron chi connectivity index (χ1n) is 8.44. The Labute approximate surface area is 158 Å². The van der Waals surface area contributed by atoms with Crippen molar-refractivity contribution in [2.75, 3.05) is 13.1 Å². The Bertz CT molecular complexity index is 873. The van der Waals surface area contributed by atoms with Crippen molar-refractivity contribution < 1.29 is 17.9 Å². The summed E-state index contributed by atoms with van der Waals surface area (Å²) in [7, 11) is -3.48. The minimum absolute atomic E-state index is 0.196. The van der Waals surface area contributed by atoms with Gasteiger partial charge in [-0.15, -0.1) is 0 Å². The number of rotatable bonds is 5. The second-order valence-corrected chi connectivity index (χ2v) is 8.61. The zero-order chi connectivity index (χ0) is 18.7. The molecule has 1 aliphatic heterocycles. The van der Waals surface area contributed by atoms with Crippen LogP contribution in [0.3, 0.4) is 0 Å². The van der Waals surface area contributed by atoms with Gasteiger partial charge in [0.1, 0.15) is 6.10 Å². The molecule has 1 saturated heterocycles. The number of hydrogen-bond acceptors (Lipinski definition) is 4. The van der Waals surface area contributed by atoms with Crippen molar-refractivity contribution in [2.24, 2.45) is 0 Å². The van der Waals surface area contributed by atoms with Crippen LogP contribution >= 0.6 is 11.6 Å². The number of hydrogen-bond donors (Lipinski definition) is 0. The van der Waals surface area contributed by atoms with Crippen molar-refractivity contribution in [1.29, 1.82) is 0 Å². The van der Waals surface area contributed by atoms with Crippen molar-refractivity contribution in [3.63, 3.8) is 0 Å². The van der Waals surface area contributed by atoms with Crippen molar-refractivity contribution in [1.82, 2.24) is 4.31 Å². The fourth-order valence-electron chi connectivity index (χ4n) is 2.87. The molecule has 1 aliphatic rings. The van der Waals surface area contributed by atoms with E-state index in [0.717, 1.165) is 18.4 Å². The van der Waals surface area contributed by atoms with Crippen LogP contribution in [0.15, 0.2) is 53.4 Å². The lowest BCUT2D eigenvalue weighted by Crippen LogP contribution is -2.27. The Morgan fingerprint density at radius 3 is 2.19 bits per heavy atom. The van der Waals surface area contributed by atoms with Gasteiger partial charge in [0.25, 0.3) is 0 Å². The molecule has 3 rings (SSSR count). The molecule has 1 atom stereocenters. The summed E-state index contributed by atoms with van der Waals surface area (Å²) in [6, 6.07) is 12.9. The van der Waals surface area contributed by atoms with E-state index < -0.39 is 22.1 Å². The molecule has 0 saturated carbocycles. The molecule has 2 aromatic carbocycles. The lowest BCUT2D eigenvalue weighted by atomic mass is 10.1. The first-order valence-corrected chi connectivity index (χ1v) is 10.3. The van der Waals surface area contributed by atoms with Crippen LogP contribution in [0.1, 0.15) is 41.8 Å². The topological polar surface area (TPSA) is 63.7 Å². The molecule has 26 heavy (non-hydrogen) atoms. The maximum Gasteiger partial charge on any atom is 0.338 e. The third kappa shape index (κ3) is 4.09. The Morgan fingerprint density at radius 2 is 1.62 bits per heavy atom. The van der Waals surface area contributed by atoms with Gasteiger partial charge in [-0.2, -0.15) is 4.31 Å². The van der Waals surface area contributed by atoms with Crippen molar-refractivity contribution in [3.8, 4) is 0 Å². The number of esters is 1. The van der Waals surface area contributed by atoms with E-state index in [9.17, 15) is 13.2 Å². The number of sulfonamides is 1. The summed E-state index contributed by atoms with van der Waals surface area (Å²) in [4.78, 5) is 12.5. The number of carbonyl (C=O) groups is 1. The number of benzene rings is 2. The molecule has 0 spiro atoms. The van der Waals surface area contributed by atoms with E-state index in [4.69, 9.17) is 16.3 Å². The molecular formula is C19H20ClNO4S. The normalized spacial score (nSPS) is 16.4. The van der Waals surface area contributed by atoms with E-state index >= 15 is 0 Å². The van der Waals surface area contributed by atoms with E-state index in [0.29, 0.717) is 23.7 Å². The summed E-state index contributed by atoms with van der Waals surface area (Å²) in [6.07, 6.45) is 1.33. The third-order valence-corrected chi connectivity index (χ3v) is 6.58. The third-order valence-electron chi connectivity index (χ3n) is 4.42. The Kier molecular flexibility index (Phi) is 5.65. The van der Waals surface area contributed by atoms with Gasteiger partial charge in [-0.3, -0.25) is 0 Å². The molecule has 0 N–H and O–H groups in total. The minimum atomic E-state index is -3.48. The molecular weight excluding hydrogens is 374 g/mol. The van der Waals surface area contributed by atoms with Gasteiger partial charge in [0.05, 0.1) is 10.5 Å². The van der Waals surface area contributed by atoms with Gasteiger partial charge in [0.2, 0.25) is 10.0 Å². The maximum atomic E-state index is 12.5. The number of ether oxygens (including phenoxy) is 1. The summed E-state index contributed by atoms with van der Waals surface area (Å²) >= 11 is 5.86. The van der Waals surface area contributed by atoms with Crippen LogP contribution in [0.4, 0.5) is 0 Å². The molecule has 0 amide bonds. The smallest absolute Gasteiger partial charge is 0.338 e. The van der Waals surface area contributed by atoms with Crippen LogP contribution in [0.2, 0.25) is 5.02 Å². The highest BCUT2D eigenvalue weighted by molar-refractivity contribution is 7.89. The SMILES string of the molecule is C[C@@H](OC(=O)c1ccc(S(=O)(=O)N2CCCC2)cc1)c1ccc(Cl)cc1. The van der Waals surface area contributed by atoms with Crippen LogP contribution < -0.4 is 0 Å². The summed E-state index contributed by atoms with van der Waals surface area (Å²) in [5.41, 5.74) is 1.14. The predicted molar refractivity (Wildman–Crippen MR) is 99.7 cm³/mol. The quantitative estimate of drug-likeness (QED) is 0.719. The minimum Gasteiger partial charge on any atom is -0.454 e. The van der Waals surface area contributed by atoms with Crippen molar-refractivity contribution in [3.05, 3.63) is 64.7 Å². The van der Waals surface area contributed by atoms with Gasteiger partial charge in [-0.1, -0.05) is 23.7 Å². The molecule has 0 bridgehead atoms. The van der Waals surface area contributed by atoms with E-state index in [1.165, 1.54) is 28.6 Å². The van der Waals surface area contributed by atoms with Gasteiger partial charge in [0, 0.05) is 18.1 Å². The van der Waals surface area contributed by atoms with Gasteiger partial charge in [-0.05, 0) is 61.7 Å². The first kappa shape index (κ1) is 18.9. The van der Waals surface area contributed by atoms with Gasteiger partial charge >= 0.3 is 5.97 Å². The number of halogens is 1. The summed E-state index contributed by atoms with van der Waals surface area (Å²) in [5.74, 6) is -0.502. The second-order valence-electron chi connectivity index (χ2n) is 6.23. The Balaban J connectivity index is 1.69. The number of carbonyl (C=O) groups excluding carboxylic acids is 1. The predicted octanol–water partition coefficient (Wildman–Crippen LogP) is 4.04. The van der Waals surface area contributed by atoms with E-state index in [-0.39, 0.29) is 4.90 Å². The monoisotopic (exact) mass is 393 g/mol. The van der Waals surface area contributed by atoms with E-state index in [1.54, 1.807) is 31.2 Å². The summed E-state index contributed by atoms with van der Waals surface area (Å²) < 4.78 is 31.9. The van der Waals surface area contributed by atoms with Crippen LogP contribution in [0.5, 0.6) is 0 Å². The van der Waals surface area contributed by atoms with Crippen LogP contribution in [-0.4, -0.2) is 31.8 Å². The Hall–Kier alpha value is -1.89. The zero-order valence-electron chi connectivity index (χ0n) is 14.4. The highest BCUT2D eigenvalue weighted by atomic mass is 35.5. The average Bonchev–Trinajstić information content (AvgIpc) is 3.18. The molecule has 5 nitrogen and oxygen atoms in total. The zero-order valence-corrected chi connectivity index (χ0v) is 16.0. The van der Waals surface area contributed by atoms with Crippen molar-refractivity contribution in [2.45, 2.75) is 30.8 Å². The maximum absolute atomic E-state index is 12.5. The van der Waals surface area contributed by atoms with E-state index in [1.807, 2.05) is 0 Å². The van der Waals surface area contributed by atoms with Crippen LogP contribution in [0, 0.1) is 0 Å². The standard InChI is InChI=1S/C19H20ClNO4S/c1-14(15-4-8-17(20)9-5-15)25-19(22)16-6-10-18(11-7-16)26(23,24)21-12-2-3-13-21/h4-11,14H,2-3,12-13H2,1H3/t14-/m1/s1. The molecule has 0 unspecified atom stereocenters. The van der Waals surface area contributed by atoms with Gasteiger partial charge in [0.15, 0.2) is 0 Å². The fourth-order valence-corrected chi connectivity index (χ4v) is 4.51. The Morgan fingerprint density at radius 1 is 1.04 bits per heavy atom. The molecule has 2 aromatic rings. The summed E-state index contributed by atoms with van der Waals surface area (Å²) in [5, 5.41) is 0.613. The highest BCUT2D eigenvalue weighted by Gasteiger charge is 2.27. The number of nitrogens with zero attached hydrogens (tertiary/aromatic N) is 1. The molecule has 0 radical (unpaired) electrons. The van der Waals surface area contributed by atoms with Gasteiger partial charge in [-0.25, -0.2) is 13.2 Å².